The molecule has 4 heterocycles. The van der Waals surface area contributed by atoms with E-state index in [4.69, 9.17) is 14.5 Å². The second kappa shape index (κ2) is 9.04. The average molecular weight is 487 g/mol. The van der Waals surface area contributed by atoms with Crippen LogP contribution in [0.3, 0.4) is 0 Å². The van der Waals surface area contributed by atoms with Crippen LogP contribution >= 0.6 is 0 Å². The van der Waals surface area contributed by atoms with E-state index in [0.717, 1.165) is 33.8 Å². The summed E-state index contributed by atoms with van der Waals surface area (Å²) in [4.78, 5) is 13.7. The fraction of sp³-hybridized carbons (Fsp3) is 0.407. The zero-order valence-corrected chi connectivity index (χ0v) is 21.0. The minimum Gasteiger partial charge on any atom is -0.477 e. The highest BCUT2D eigenvalue weighted by Crippen LogP contribution is 2.41. The lowest BCUT2D eigenvalue weighted by molar-refractivity contribution is -0.120. The van der Waals surface area contributed by atoms with Gasteiger partial charge in [-0.25, -0.2) is 15.0 Å². The molecule has 1 atom stereocenters. The number of hydrogen-bond acceptors (Lipinski definition) is 9. The van der Waals surface area contributed by atoms with Crippen molar-refractivity contribution in [2.24, 2.45) is 5.41 Å². The number of aryl methyl sites for hydroxylation is 2. The Hall–Kier alpha value is -3.74. The van der Waals surface area contributed by atoms with Crippen LogP contribution in [0, 0.1) is 30.6 Å². The number of hydrogen-bond donors (Lipinski definition) is 3. The molecule has 9 nitrogen and oxygen atoms in total. The summed E-state index contributed by atoms with van der Waals surface area (Å²) in [6, 6.07) is 9.87. The molecule has 0 amide bonds. The van der Waals surface area contributed by atoms with Gasteiger partial charge in [-0.15, -0.1) is 0 Å². The lowest BCUT2D eigenvalue weighted by atomic mass is 9.83. The van der Waals surface area contributed by atoms with Gasteiger partial charge in [-0.3, -0.25) is 0 Å². The highest BCUT2D eigenvalue weighted by Gasteiger charge is 2.36. The highest BCUT2D eigenvalue weighted by atomic mass is 16.5. The third-order valence-electron chi connectivity index (χ3n) is 6.93. The number of fused-ring (bicyclic) bond motifs is 1. The number of rotatable bonds is 7. The van der Waals surface area contributed by atoms with E-state index in [2.05, 4.69) is 33.6 Å². The van der Waals surface area contributed by atoms with Crippen molar-refractivity contribution in [3.63, 3.8) is 0 Å². The summed E-state index contributed by atoms with van der Waals surface area (Å²) in [5.74, 6) is 1.04. The number of ether oxygens (including phenoxy) is 2. The van der Waals surface area contributed by atoms with Gasteiger partial charge in [0.2, 0.25) is 11.8 Å². The molecule has 1 aromatic carbocycles. The Morgan fingerprint density at radius 2 is 2.03 bits per heavy atom. The predicted octanol–water partition coefficient (Wildman–Crippen LogP) is 3.86. The summed E-state index contributed by atoms with van der Waals surface area (Å²) in [6.07, 6.45) is 1.68. The molecule has 0 unspecified atom stereocenters. The van der Waals surface area contributed by atoms with Gasteiger partial charge in [0.15, 0.2) is 0 Å². The largest absolute Gasteiger partial charge is 0.477 e. The van der Waals surface area contributed by atoms with Crippen molar-refractivity contribution in [1.82, 2.24) is 15.0 Å². The molecular weight excluding hydrogens is 456 g/mol. The fourth-order valence-electron chi connectivity index (χ4n) is 4.50. The lowest BCUT2D eigenvalue weighted by Gasteiger charge is -2.37. The van der Waals surface area contributed by atoms with E-state index in [9.17, 15) is 10.4 Å². The third-order valence-corrected chi connectivity index (χ3v) is 6.93. The standard InChI is InChI=1S/C27H30N6O3/c1-16-7-22(17(2)31-24(16)36-15-26(3)13-35-14-26)33-25-29-6-5-21(32-25)18-8-19(10-28)23-20(9-18)27(4,12-34)11-30-23/h5-9,30,34H,11-15H2,1-4H3,(H,29,32,33)/t27-/m1/s1. The average Bonchev–Trinajstić information content (AvgIpc) is 3.20. The van der Waals surface area contributed by atoms with Crippen LogP contribution in [0.25, 0.3) is 11.3 Å². The summed E-state index contributed by atoms with van der Waals surface area (Å²) < 4.78 is 11.3. The van der Waals surface area contributed by atoms with Crippen LogP contribution in [-0.2, 0) is 10.2 Å². The summed E-state index contributed by atoms with van der Waals surface area (Å²) in [7, 11) is 0. The maximum atomic E-state index is 9.98. The van der Waals surface area contributed by atoms with E-state index >= 15 is 0 Å². The van der Waals surface area contributed by atoms with Gasteiger partial charge in [0.05, 0.1) is 54.8 Å². The number of benzene rings is 1. The van der Waals surface area contributed by atoms with Crippen molar-refractivity contribution in [2.45, 2.75) is 33.1 Å². The van der Waals surface area contributed by atoms with Crippen molar-refractivity contribution < 1.29 is 14.6 Å². The summed E-state index contributed by atoms with van der Waals surface area (Å²) in [5.41, 5.74) is 5.76. The zero-order valence-electron chi connectivity index (χ0n) is 21.0. The highest BCUT2D eigenvalue weighted by molar-refractivity contribution is 5.76. The van der Waals surface area contributed by atoms with Crippen LogP contribution in [0.15, 0.2) is 30.5 Å². The van der Waals surface area contributed by atoms with Crippen molar-refractivity contribution in [3.8, 4) is 23.2 Å². The van der Waals surface area contributed by atoms with Crippen molar-refractivity contribution >= 4 is 17.3 Å². The number of nitriles is 1. The predicted molar refractivity (Wildman–Crippen MR) is 137 cm³/mol. The number of pyridine rings is 1. The number of aliphatic hydroxyl groups excluding tert-OH is 1. The molecule has 9 heteroatoms. The first-order valence-corrected chi connectivity index (χ1v) is 12.0. The summed E-state index contributed by atoms with van der Waals surface area (Å²) >= 11 is 0. The Labute approximate surface area is 210 Å². The van der Waals surface area contributed by atoms with Gasteiger partial charge in [-0.05, 0) is 43.7 Å². The summed E-state index contributed by atoms with van der Waals surface area (Å²) in [6.45, 7) is 10.5. The van der Waals surface area contributed by atoms with Gasteiger partial charge in [-0.1, -0.05) is 13.8 Å². The molecule has 2 aromatic heterocycles. The Balaban J connectivity index is 1.40. The molecule has 0 bridgehead atoms. The molecule has 0 radical (unpaired) electrons. The van der Waals surface area contributed by atoms with Gasteiger partial charge < -0.3 is 25.2 Å². The third kappa shape index (κ3) is 4.34. The Bertz CT molecular complexity index is 1360. The molecule has 0 aliphatic carbocycles. The van der Waals surface area contributed by atoms with Gasteiger partial charge in [0, 0.05) is 34.7 Å². The first-order chi connectivity index (χ1) is 17.2. The molecule has 1 saturated heterocycles. The van der Waals surface area contributed by atoms with Crippen LogP contribution in [0.2, 0.25) is 0 Å². The van der Waals surface area contributed by atoms with E-state index in [1.54, 1.807) is 6.20 Å². The van der Waals surface area contributed by atoms with Crippen LogP contribution in [0.5, 0.6) is 5.88 Å². The number of anilines is 3. The molecule has 3 N–H and O–H groups in total. The molecule has 5 rings (SSSR count). The van der Waals surface area contributed by atoms with E-state index in [1.165, 1.54) is 0 Å². The van der Waals surface area contributed by atoms with E-state index in [1.807, 2.05) is 45.0 Å². The molecular formula is C27H30N6O3. The van der Waals surface area contributed by atoms with Crippen LogP contribution in [-0.4, -0.2) is 53.0 Å². The monoisotopic (exact) mass is 486 g/mol. The first kappa shape index (κ1) is 24.0. The van der Waals surface area contributed by atoms with E-state index < -0.39 is 5.41 Å². The smallest absolute Gasteiger partial charge is 0.227 e. The normalized spacial score (nSPS) is 19.6. The van der Waals surface area contributed by atoms with Crippen LogP contribution < -0.4 is 15.4 Å². The number of aliphatic hydroxyl groups is 1. The molecule has 2 aliphatic rings. The Morgan fingerprint density at radius 1 is 1.22 bits per heavy atom. The van der Waals surface area contributed by atoms with Crippen LogP contribution in [0.1, 0.15) is 36.2 Å². The minimum atomic E-state index is -0.460. The van der Waals surface area contributed by atoms with Gasteiger partial charge in [-0.2, -0.15) is 5.26 Å². The molecule has 186 valence electrons. The number of nitrogens with one attached hydrogen (secondary N) is 2. The van der Waals surface area contributed by atoms with Crippen molar-refractivity contribution in [3.05, 3.63) is 52.8 Å². The van der Waals surface area contributed by atoms with Crippen molar-refractivity contribution in [1.29, 1.82) is 5.26 Å². The van der Waals surface area contributed by atoms with Gasteiger partial charge in [0.1, 0.15) is 6.07 Å². The Kier molecular flexibility index (Phi) is 6.02. The quantitative estimate of drug-likeness (QED) is 0.456. The fourth-order valence-corrected chi connectivity index (χ4v) is 4.50. The first-order valence-electron chi connectivity index (χ1n) is 12.0. The number of nitrogens with zero attached hydrogens (tertiary/aromatic N) is 4. The molecule has 0 spiro atoms. The second-order valence-electron chi connectivity index (χ2n) is 10.4. The zero-order chi connectivity index (χ0) is 25.5. The molecule has 0 saturated carbocycles. The number of aromatic nitrogens is 3. The van der Waals surface area contributed by atoms with Gasteiger partial charge in [0.25, 0.3) is 0 Å². The molecule has 2 aliphatic heterocycles. The van der Waals surface area contributed by atoms with E-state index in [-0.39, 0.29) is 12.0 Å². The summed E-state index contributed by atoms with van der Waals surface area (Å²) in [5, 5.41) is 26.3. The Morgan fingerprint density at radius 3 is 2.72 bits per heavy atom. The lowest BCUT2D eigenvalue weighted by Crippen LogP contribution is -2.44. The maximum absolute atomic E-state index is 9.98. The SMILES string of the molecule is Cc1cc(Nc2nccc(-c3cc(C#N)c4c(c3)[C@@](C)(CO)CN4)n2)c(C)nc1OCC1(C)COC1. The molecule has 1 fully saturated rings. The maximum Gasteiger partial charge on any atom is 0.227 e. The van der Waals surface area contributed by atoms with Gasteiger partial charge >= 0.3 is 0 Å². The van der Waals surface area contributed by atoms with Crippen LogP contribution in [0.4, 0.5) is 17.3 Å². The molecule has 3 aromatic rings. The second-order valence-corrected chi connectivity index (χ2v) is 10.4. The van der Waals surface area contributed by atoms with E-state index in [0.29, 0.717) is 49.5 Å². The van der Waals surface area contributed by atoms with Crippen molar-refractivity contribution in [2.75, 3.05) is 43.6 Å². The minimum absolute atomic E-state index is 0.0176. The topological polar surface area (TPSA) is 125 Å². The molecule has 36 heavy (non-hydrogen) atoms.